The van der Waals surface area contributed by atoms with Gasteiger partial charge in [-0.25, -0.2) is 9.67 Å². The van der Waals surface area contributed by atoms with E-state index in [1.54, 1.807) is 18.9 Å². The molecule has 152 valence electrons. The Kier molecular flexibility index (Phi) is 5.77. The Morgan fingerprint density at radius 2 is 1.83 bits per heavy atom. The van der Waals surface area contributed by atoms with Crippen LogP contribution in [0.1, 0.15) is 0 Å². The molecule has 0 saturated carbocycles. The Hall–Kier alpha value is -2.91. The number of pyridine rings is 1. The van der Waals surface area contributed by atoms with Gasteiger partial charge >= 0.3 is 0 Å². The fourth-order valence-electron chi connectivity index (χ4n) is 3.33. The lowest BCUT2D eigenvalue weighted by molar-refractivity contribution is 0.192. The molecule has 0 spiro atoms. The molecule has 0 atom stereocenters. The van der Waals surface area contributed by atoms with Crippen molar-refractivity contribution >= 4 is 18.0 Å². The smallest absolute Gasteiger partial charge is 0.288 e. The number of rotatable bonds is 6. The van der Waals surface area contributed by atoms with Gasteiger partial charge in [-0.2, -0.15) is 0 Å². The summed E-state index contributed by atoms with van der Waals surface area (Å²) in [5, 5.41) is 4.56. The van der Waals surface area contributed by atoms with E-state index < -0.39 is 0 Å². The Bertz CT molecular complexity index is 1010. The standard InChI is InChI=1S/C20H23N5O3S/c1-26-16-7-6-15(13-17(16)27-2)19-22-25(20(29)28-19)14-23-9-11-24(12-10-23)18-5-3-4-8-21-18/h3-8,13H,9-12,14H2,1-2H3. The minimum Gasteiger partial charge on any atom is -0.493 e. The van der Waals surface area contributed by atoms with E-state index in [4.69, 9.17) is 26.1 Å². The van der Waals surface area contributed by atoms with E-state index in [1.807, 2.05) is 42.6 Å². The van der Waals surface area contributed by atoms with Gasteiger partial charge in [-0.3, -0.25) is 4.90 Å². The van der Waals surface area contributed by atoms with Crippen molar-refractivity contribution in [1.29, 1.82) is 0 Å². The number of piperazine rings is 1. The van der Waals surface area contributed by atoms with E-state index in [-0.39, 0.29) is 0 Å². The maximum absolute atomic E-state index is 5.73. The van der Waals surface area contributed by atoms with Gasteiger partial charge in [-0.15, -0.1) is 5.10 Å². The van der Waals surface area contributed by atoms with E-state index in [0.29, 0.717) is 28.9 Å². The average molecular weight is 414 g/mol. The number of benzene rings is 1. The molecule has 1 fully saturated rings. The van der Waals surface area contributed by atoms with Crippen molar-refractivity contribution < 1.29 is 13.9 Å². The summed E-state index contributed by atoms with van der Waals surface area (Å²) in [4.78, 5) is 9.36. The first kappa shape index (κ1) is 19.4. The summed E-state index contributed by atoms with van der Waals surface area (Å²) in [6.07, 6.45) is 1.83. The van der Waals surface area contributed by atoms with Crippen LogP contribution in [0.4, 0.5) is 5.82 Å². The van der Waals surface area contributed by atoms with Crippen LogP contribution in [0, 0.1) is 4.84 Å². The van der Waals surface area contributed by atoms with Crippen molar-refractivity contribution in [3.05, 3.63) is 47.4 Å². The highest BCUT2D eigenvalue weighted by atomic mass is 32.1. The topological polar surface area (TPSA) is 68.8 Å². The third-order valence-electron chi connectivity index (χ3n) is 4.92. The average Bonchev–Trinajstić information content (AvgIpc) is 3.14. The van der Waals surface area contributed by atoms with Crippen molar-refractivity contribution in [2.45, 2.75) is 6.67 Å². The summed E-state index contributed by atoms with van der Waals surface area (Å²) in [5.74, 6) is 2.75. The molecule has 4 rings (SSSR count). The summed E-state index contributed by atoms with van der Waals surface area (Å²) in [6, 6.07) is 11.5. The summed E-state index contributed by atoms with van der Waals surface area (Å²) in [7, 11) is 3.20. The third kappa shape index (κ3) is 4.25. The van der Waals surface area contributed by atoms with Crippen LogP contribution in [0.2, 0.25) is 0 Å². The molecule has 8 nitrogen and oxygen atoms in total. The number of anilines is 1. The molecular formula is C20H23N5O3S. The first-order valence-corrected chi connectivity index (χ1v) is 9.77. The molecule has 3 heterocycles. The maximum atomic E-state index is 5.73. The fourth-order valence-corrected chi connectivity index (χ4v) is 3.51. The highest BCUT2D eigenvalue weighted by molar-refractivity contribution is 7.71. The zero-order valence-corrected chi connectivity index (χ0v) is 17.3. The van der Waals surface area contributed by atoms with E-state index >= 15 is 0 Å². The molecule has 0 N–H and O–H groups in total. The predicted molar refractivity (Wildman–Crippen MR) is 112 cm³/mol. The second kappa shape index (κ2) is 8.62. The monoisotopic (exact) mass is 413 g/mol. The summed E-state index contributed by atoms with van der Waals surface area (Å²) in [5.41, 5.74) is 0.785. The minimum atomic E-state index is 0.349. The van der Waals surface area contributed by atoms with Gasteiger partial charge in [0.05, 0.1) is 20.9 Å². The SMILES string of the molecule is COc1ccc(-c2nn(CN3CCN(c4ccccn4)CC3)c(=S)o2)cc1OC. The van der Waals surface area contributed by atoms with Crippen LogP contribution in [0.15, 0.2) is 47.0 Å². The third-order valence-corrected chi connectivity index (χ3v) is 5.21. The quantitative estimate of drug-likeness (QED) is 0.571. The first-order valence-electron chi connectivity index (χ1n) is 9.36. The second-order valence-corrected chi connectivity index (χ2v) is 7.03. The van der Waals surface area contributed by atoms with Gasteiger partial charge in [0.2, 0.25) is 5.89 Å². The van der Waals surface area contributed by atoms with Crippen molar-refractivity contribution in [3.8, 4) is 23.0 Å². The Morgan fingerprint density at radius 3 is 2.52 bits per heavy atom. The number of ether oxygens (including phenoxy) is 2. The van der Waals surface area contributed by atoms with E-state index in [2.05, 4.69) is 19.9 Å². The van der Waals surface area contributed by atoms with Crippen LogP contribution >= 0.6 is 12.2 Å². The molecule has 29 heavy (non-hydrogen) atoms. The number of hydrogen-bond donors (Lipinski definition) is 0. The van der Waals surface area contributed by atoms with Crippen molar-refractivity contribution in [3.63, 3.8) is 0 Å². The van der Waals surface area contributed by atoms with Crippen LogP contribution < -0.4 is 14.4 Å². The first-order chi connectivity index (χ1) is 14.2. The van der Waals surface area contributed by atoms with Crippen LogP contribution in [-0.4, -0.2) is 60.1 Å². The molecule has 1 aliphatic heterocycles. The zero-order chi connectivity index (χ0) is 20.2. The number of nitrogens with zero attached hydrogens (tertiary/aromatic N) is 5. The largest absolute Gasteiger partial charge is 0.493 e. The van der Waals surface area contributed by atoms with Crippen LogP contribution in [0.3, 0.4) is 0 Å². The normalized spacial score (nSPS) is 14.8. The molecule has 0 radical (unpaired) electrons. The summed E-state index contributed by atoms with van der Waals surface area (Å²) < 4.78 is 18.1. The number of aromatic nitrogens is 3. The van der Waals surface area contributed by atoms with Crippen molar-refractivity contribution in [2.24, 2.45) is 0 Å². The minimum absolute atomic E-state index is 0.349. The van der Waals surface area contributed by atoms with Gasteiger partial charge in [-0.05, 0) is 42.5 Å². The van der Waals surface area contributed by atoms with E-state index in [1.165, 1.54) is 0 Å². The number of methoxy groups -OCH3 is 2. The lowest BCUT2D eigenvalue weighted by atomic mass is 10.2. The predicted octanol–water partition coefficient (Wildman–Crippen LogP) is 3.06. The molecule has 1 aromatic carbocycles. The zero-order valence-electron chi connectivity index (χ0n) is 16.4. The molecule has 3 aromatic rings. The van der Waals surface area contributed by atoms with Crippen LogP contribution in [-0.2, 0) is 6.67 Å². The summed E-state index contributed by atoms with van der Waals surface area (Å²) in [6.45, 7) is 4.20. The molecule has 0 aliphatic carbocycles. The van der Waals surface area contributed by atoms with Gasteiger partial charge in [0.1, 0.15) is 5.82 Å². The molecule has 2 aromatic heterocycles. The Labute approximate surface area is 174 Å². The fraction of sp³-hybridized carbons (Fsp3) is 0.350. The van der Waals surface area contributed by atoms with E-state index in [0.717, 1.165) is 37.6 Å². The van der Waals surface area contributed by atoms with E-state index in [9.17, 15) is 0 Å². The number of hydrogen-bond acceptors (Lipinski definition) is 8. The van der Waals surface area contributed by atoms with Gasteiger partial charge in [0.15, 0.2) is 11.5 Å². The molecule has 0 unspecified atom stereocenters. The van der Waals surface area contributed by atoms with Crippen molar-refractivity contribution in [1.82, 2.24) is 19.7 Å². The Balaban J connectivity index is 1.44. The lowest BCUT2D eigenvalue weighted by Crippen LogP contribution is -2.47. The molecule has 1 saturated heterocycles. The molecule has 0 bridgehead atoms. The van der Waals surface area contributed by atoms with Gasteiger partial charge in [0.25, 0.3) is 4.84 Å². The highest BCUT2D eigenvalue weighted by Crippen LogP contribution is 2.31. The maximum Gasteiger partial charge on any atom is 0.288 e. The van der Waals surface area contributed by atoms with Crippen LogP contribution in [0.25, 0.3) is 11.5 Å². The Morgan fingerprint density at radius 1 is 1.03 bits per heavy atom. The molecule has 0 amide bonds. The van der Waals surface area contributed by atoms with Crippen LogP contribution in [0.5, 0.6) is 11.5 Å². The molecular weight excluding hydrogens is 390 g/mol. The second-order valence-electron chi connectivity index (χ2n) is 6.68. The van der Waals surface area contributed by atoms with Gasteiger partial charge < -0.3 is 18.8 Å². The summed E-state index contributed by atoms with van der Waals surface area (Å²) >= 11 is 5.38. The molecule has 9 heteroatoms. The molecule has 1 aliphatic rings. The van der Waals surface area contributed by atoms with Gasteiger partial charge in [-0.1, -0.05) is 6.07 Å². The van der Waals surface area contributed by atoms with Crippen molar-refractivity contribution in [2.75, 3.05) is 45.3 Å². The highest BCUT2D eigenvalue weighted by Gasteiger charge is 2.19. The van der Waals surface area contributed by atoms with Gasteiger partial charge in [0, 0.05) is 37.9 Å². The lowest BCUT2D eigenvalue weighted by Gasteiger charge is -2.34.